The highest BCUT2D eigenvalue weighted by Gasteiger charge is 2.32. The Hall–Kier alpha value is -3.64. The maximum absolute atomic E-state index is 13.0. The van der Waals surface area contributed by atoms with Crippen molar-refractivity contribution >= 4 is 27.8 Å². The molecule has 2 aliphatic rings. The van der Waals surface area contributed by atoms with Gasteiger partial charge >= 0.3 is 5.97 Å². The molecule has 0 radical (unpaired) electrons. The van der Waals surface area contributed by atoms with E-state index in [0.29, 0.717) is 17.1 Å². The van der Waals surface area contributed by atoms with Crippen molar-refractivity contribution in [3.05, 3.63) is 54.1 Å². The summed E-state index contributed by atoms with van der Waals surface area (Å²) < 4.78 is 37.8. The van der Waals surface area contributed by atoms with Gasteiger partial charge in [0.05, 0.1) is 4.90 Å². The molecule has 186 valence electrons. The van der Waals surface area contributed by atoms with Crippen LogP contribution in [0.4, 0.5) is 0 Å². The smallest absolute Gasteiger partial charge is 0.326 e. The Labute approximate surface area is 202 Å². The van der Waals surface area contributed by atoms with E-state index in [4.69, 9.17) is 9.47 Å². The van der Waals surface area contributed by atoms with Crippen molar-refractivity contribution in [1.82, 2.24) is 14.5 Å². The fourth-order valence-electron chi connectivity index (χ4n) is 3.88. The third-order valence-electron chi connectivity index (χ3n) is 5.86. The van der Waals surface area contributed by atoms with Crippen LogP contribution in [-0.4, -0.2) is 79.5 Å². The molecule has 1 atom stereocenters. The molecular weight excluding hydrogens is 478 g/mol. The third kappa shape index (κ3) is 5.54. The molecule has 4 rings (SSSR count). The average Bonchev–Trinajstić information content (AvgIpc) is 3.34. The number of carboxylic acid groups (broad SMARTS) is 1. The van der Waals surface area contributed by atoms with Crippen LogP contribution >= 0.6 is 0 Å². The number of aliphatic carboxylic acids is 1. The number of sulfonamides is 1. The molecule has 2 N–H and O–H groups in total. The van der Waals surface area contributed by atoms with Crippen LogP contribution < -0.4 is 14.8 Å². The maximum Gasteiger partial charge on any atom is 0.326 e. The number of nitrogens with zero attached hydrogens (tertiary/aromatic N) is 2. The summed E-state index contributed by atoms with van der Waals surface area (Å²) in [5.74, 6) is -1.22. The Morgan fingerprint density at radius 2 is 1.66 bits per heavy atom. The molecule has 11 nitrogen and oxygen atoms in total. The van der Waals surface area contributed by atoms with Gasteiger partial charge in [0.1, 0.15) is 6.04 Å². The number of hydrogen-bond donors (Lipinski definition) is 2. The lowest BCUT2D eigenvalue weighted by atomic mass is 10.1. The van der Waals surface area contributed by atoms with E-state index in [-0.39, 0.29) is 56.6 Å². The third-order valence-corrected chi connectivity index (χ3v) is 7.75. The molecule has 2 aromatic rings. The van der Waals surface area contributed by atoms with Gasteiger partial charge in [-0.1, -0.05) is 18.2 Å². The predicted octanol–water partition coefficient (Wildman–Crippen LogP) is 0.912. The molecule has 0 aromatic heterocycles. The zero-order valence-corrected chi connectivity index (χ0v) is 19.6. The largest absolute Gasteiger partial charge is 0.480 e. The summed E-state index contributed by atoms with van der Waals surface area (Å²) >= 11 is 0. The highest BCUT2D eigenvalue weighted by atomic mass is 32.2. The number of ether oxygens (including phenoxy) is 2. The fourth-order valence-corrected chi connectivity index (χ4v) is 5.32. The minimum absolute atomic E-state index is 0.0400. The van der Waals surface area contributed by atoms with E-state index >= 15 is 0 Å². The lowest BCUT2D eigenvalue weighted by molar-refractivity contribution is -0.139. The van der Waals surface area contributed by atoms with Gasteiger partial charge < -0.3 is 24.8 Å². The molecule has 0 saturated carbocycles. The van der Waals surface area contributed by atoms with Crippen molar-refractivity contribution in [2.24, 2.45) is 0 Å². The first-order chi connectivity index (χ1) is 16.8. The quantitative estimate of drug-likeness (QED) is 0.541. The number of hydrogen-bond acceptors (Lipinski definition) is 7. The fraction of sp³-hybridized carbons (Fsp3) is 0.348. The Morgan fingerprint density at radius 3 is 2.34 bits per heavy atom. The van der Waals surface area contributed by atoms with Crippen LogP contribution in [0.15, 0.2) is 53.4 Å². The second kappa shape index (κ2) is 10.3. The molecule has 1 fully saturated rings. The molecule has 12 heteroatoms. The summed E-state index contributed by atoms with van der Waals surface area (Å²) in [6.07, 6.45) is -0.177. The number of carbonyl (C=O) groups is 3. The summed E-state index contributed by atoms with van der Waals surface area (Å²) in [7, 11) is -3.77. The molecule has 2 aliphatic heterocycles. The van der Waals surface area contributed by atoms with E-state index in [1.807, 2.05) is 0 Å². The number of amides is 2. The number of piperazine rings is 1. The Kier molecular flexibility index (Phi) is 7.22. The van der Waals surface area contributed by atoms with E-state index in [9.17, 15) is 27.9 Å². The van der Waals surface area contributed by atoms with E-state index < -0.39 is 27.9 Å². The van der Waals surface area contributed by atoms with E-state index in [1.165, 1.54) is 21.3 Å². The second-order valence-electron chi connectivity index (χ2n) is 8.07. The van der Waals surface area contributed by atoms with Crippen LogP contribution in [-0.2, 0) is 19.6 Å². The second-order valence-corrected chi connectivity index (χ2v) is 10.0. The van der Waals surface area contributed by atoms with Gasteiger partial charge in [-0.2, -0.15) is 4.31 Å². The van der Waals surface area contributed by atoms with Crippen LogP contribution in [0.2, 0.25) is 0 Å². The van der Waals surface area contributed by atoms with Gasteiger partial charge in [0.25, 0.3) is 5.91 Å². The zero-order chi connectivity index (χ0) is 25.0. The SMILES string of the molecule is O=C(N[C@@H](CCC(=O)N1CCN(S(=O)(=O)c2ccc3c(c2)OCO3)CC1)C(=O)O)c1ccccc1. The van der Waals surface area contributed by atoms with Crippen molar-refractivity contribution in [3.63, 3.8) is 0 Å². The monoisotopic (exact) mass is 503 g/mol. The summed E-state index contributed by atoms with van der Waals surface area (Å²) in [5, 5.41) is 11.9. The minimum Gasteiger partial charge on any atom is -0.480 e. The maximum atomic E-state index is 13.0. The summed E-state index contributed by atoms with van der Waals surface area (Å²) in [6, 6.07) is 11.4. The molecule has 0 spiro atoms. The highest BCUT2D eigenvalue weighted by molar-refractivity contribution is 7.89. The lowest BCUT2D eigenvalue weighted by Gasteiger charge is -2.34. The standard InChI is InChI=1S/C23H25N3O8S/c27-21(9-7-18(23(29)30)24-22(28)16-4-2-1-3-5-16)25-10-12-26(13-11-25)35(31,32)17-6-8-19-20(14-17)34-15-33-19/h1-6,8,14,18H,7,9-13,15H2,(H,24,28)(H,29,30)/t18-/m0/s1. The number of carboxylic acids is 1. The van der Waals surface area contributed by atoms with Gasteiger partial charge in [-0.25, -0.2) is 13.2 Å². The number of fused-ring (bicyclic) bond motifs is 1. The van der Waals surface area contributed by atoms with E-state index in [0.717, 1.165) is 0 Å². The van der Waals surface area contributed by atoms with Gasteiger partial charge in [-0.05, 0) is 30.7 Å². The van der Waals surface area contributed by atoms with Crippen molar-refractivity contribution in [2.75, 3.05) is 33.0 Å². The first-order valence-electron chi connectivity index (χ1n) is 11.0. The molecule has 2 amide bonds. The molecule has 0 unspecified atom stereocenters. The molecule has 35 heavy (non-hydrogen) atoms. The molecule has 0 aliphatic carbocycles. The average molecular weight is 504 g/mol. The number of rotatable bonds is 8. The minimum atomic E-state index is -3.77. The van der Waals surface area contributed by atoms with Crippen molar-refractivity contribution in [2.45, 2.75) is 23.8 Å². The van der Waals surface area contributed by atoms with Crippen LogP contribution in [0.3, 0.4) is 0 Å². The van der Waals surface area contributed by atoms with Gasteiger partial charge in [0.2, 0.25) is 22.7 Å². The lowest BCUT2D eigenvalue weighted by Crippen LogP contribution is -2.50. The van der Waals surface area contributed by atoms with Crippen LogP contribution in [0.5, 0.6) is 11.5 Å². The van der Waals surface area contributed by atoms with Crippen LogP contribution in [0, 0.1) is 0 Å². The summed E-state index contributed by atoms with van der Waals surface area (Å²) in [4.78, 5) is 38.1. The van der Waals surface area contributed by atoms with Gasteiger partial charge in [0.15, 0.2) is 11.5 Å². The predicted molar refractivity (Wildman–Crippen MR) is 122 cm³/mol. The Balaban J connectivity index is 1.30. The molecule has 2 heterocycles. The summed E-state index contributed by atoms with van der Waals surface area (Å²) in [5.41, 5.74) is 0.324. The molecule has 1 saturated heterocycles. The van der Waals surface area contributed by atoms with Crippen LogP contribution in [0.25, 0.3) is 0 Å². The van der Waals surface area contributed by atoms with Gasteiger partial charge in [-0.15, -0.1) is 0 Å². The topological polar surface area (TPSA) is 143 Å². The molecule has 0 bridgehead atoms. The van der Waals surface area contributed by atoms with E-state index in [1.54, 1.807) is 36.4 Å². The van der Waals surface area contributed by atoms with Gasteiger partial charge in [-0.3, -0.25) is 9.59 Å². The Bertz CT molecular complexity index is 1210. The number of nitrogens with one attached hydrogen (secondary N) is 1. The first kappa shape index (κ1) is 24.5. The summed E-state index contributed by atoms with van der Waals surface area (Å²) in [6.45, 7) is 0.608. The Morgan fingerprint density at radius 1 is 0.971 bits per heavy atom. The highest BCUT2D eigenvalue weighted by Crippen LogP contribution is 2.34. The number of carbonyl (C=O) groups excluding carboxylic acids is 2. The van der Waals surface area contributed by atoms with Gasteiger partial charge in [0, 0.05) is 44.2 Å². The zero-order valence-electron chi connectivity index (χ0n) is 18.8. The normalized spacial score (nSPS) is 16.5. The van der Waals surface area contributed by atoms with Crippen molar-refractivity contribution in [1.29, 1.82) is 0 Å². The van der Waals surface area contributed by atoms with E-state index in [2.05, 4.69) is 5.32 Å². The molecule has 2 aromatic carbocycles. The van der Waals surface area contributed by atoms with Crippen molar-refractivity contribution in [3.8, 4) is 11.5 Å². The number of benzene rings is 2. The van der Waals surface area contributed by atoms with Crippen molar-refractivity contribution < 1.29 is 37.4 Å². The van der Waals surface area contributed by atoms with Crippen LogP contribution in [0.1, 0.15) is 23.2 Å². The molecular formula is C23H25N3O8S. The first-order valence-corrected chi connectivity index (χ1v) is 12.5.